The van der Waals surface area contributed by atoms with E-state index >= 15 is 0 Å². The number of alkyl carbamates (subject to hydrolysis) is 1. The predicted molar refractivity (Wildman–Crippen MR) is 59.8 cm³/mol. The molecule has 1 heterocycles. The summed E-state index contributed by atoms with van der Waals surface area (Å²) in [5, 5.41) is 11.1. The molecule has 0 unspecified atom stereocenters. The van der Waals surface area contributed by atoms with E-state index in [0.29, 0.717) is 18.0 Å². The molecule has 1 N–H and O–H groups in total. The molecule has 6 heteroatoms. The van der Waals surface area contributed by atoms with E-state index in [0.717, 1.165) is 12.8 Å². The molecule has 90 valence electrons. The summed E-state index contributed by atoms with van der Waals surface area (Å²) in [5.41, 5.74) is 0.388. The Morgan fingerprint density at radius 2 is 2.24 bits per heavy atom. The van der Waals surface area contributed by atoms with Crippen molar-refractivity contribution in [3.63, 3.8) is 0 Å². The lowest BCUT2D eigenvalue weighted by molar-refractivity contribution is 0.144. The van der Waals surface area contributed by atoms with Gasteiger partial charge in [-0.25, -0.2) is 14.8 Å². The zero-order chi connectivity index (χ0) is 12.5. The lowest BCUT2D eigenvalue weighted by atomic mass is 10.4. The number of hydrogen-bond acceptors (Lipinski definition) is 5. The normalized spacial score (nSPS) is 9.41. The summed E-state index contributed by atoms with van der Waals surface area (Å²) in [6, 6.07) is 1.92. The van der Waals surface area contributed by atoms with Crippen molar-refractivity contribution in [3.8, 4) is 6.07 Å². The Kier molecular flexibility index (Phi) is 5.44. The van der Waals surface area contributed by atoms with Crippen LogP contribution in [-0.2, 0) is 11.3 Å². The molecule has 0 fully saturated rings. The number of unbranched alkanes of at least 4 members (excludes halogenated alkanes) is 1. The summed E-state index contributed by atoms with van der Waals surface area (Å²) in [6.45, 7) is 2.62. The van der Waals surface area contributed by atoms with Crippen LogP contribution in [0.2, 0.25) is 0 Å². The smallest absolute Gasteiger partial charge is 0.407 e. The van der Waals surface area contributed by atoms with E-state index in [1.54, 1.807) is 0 Å². The van der Waals surface area contributed by atoms with E-state index in [4.69, 9.17) is 10.00 Å². The number of nitriles is 1. The number of nitrogens with zero attached hydrogens (tertiary/aromatic N) is 3. The van der Waals surface area contributed by atoms with Gasteiger partial charge in [-0.2, -0.15) is 5.26 Å². The molecule has 0 aliphatic carbocycles. The number of carbonyl (C=O) groups excluding carboxylic acids is 1. The maximum atomic E-state index is 11.2. The molecular weight excluding hydrogens is 220 g/mol. The second kappa shape index (κ2) is 7.17. The van der Waals surface area contributed by atoms with Gasteiger partial charge in [-0.05, 0) is 6.42 Å². The van der Waals surface area contributed by atoms with E-state index in [1.165, 1.54) is 12.4 Å². The van der Waals surface area contributed by atoms with Crippen molar-refractivity contribution in [2.45, 2.75) is 26.3 Å². The third kappa shape index (κ3) is 4.93. The maximum Gasteiger partial charge on any atom is 0.407 e. The molecule has 0 saturated heterocycles. The zero-order valence-corrected chi connectivity index (χ0v) is 9.64. The number of ether oxygens (including phenoxy) is 1. The number of amides is 1. The Morgan fingerprint density at radius 1 is 1.53 bits per heavy atom. The molecule has 0 radical (unpaired) electrons. The van der Waals surface area contributed by atoms with Crippen molar-refractivity contribution >= 4 is 6.09 Å². The first kappa shape index (κ1) is 12.9. The standard InChI is InChI=1S/C11H14N4O2/c1-2-3-4-17-11(16)15-8-10-13-6-9(5-12)7-14-10/h6-7H,2-4,8H2,1H3,(H,15,16). The van der Waals surface area contributed by atoms with Gasteiger partial charge in [0.05, 0.1) is 18.7 Å². The van der Waals surface area contributed by atoms with Crippen LogP contribution in [-0.4, -0.2) is 22.7 Å². The van der Waals surface area contributed by atoms with Gasteiger partial charge in [0, 0.05) is 12.4 Å². The minimum Gasteiger partial charge on any atom is -0.450 e. The van der Waals surface area contributed by atoms with Crippen LogP contribution in [0.1, 0.15) is 31.2 Å². The van der Waals surface area contributed by atoms with Gasteiger partial charge in [0.25, 0.3) is 0 Å². The molecule has 0 atom stereocenters. The van der Waals surface area contributed by atoms with Crippen molar-refractivity contribution in [1.29, 1.82) is 5.26 Å². The van der Waals surface area contributed by atoms with E-state index < -0.39 is 6.09 Å². The van der Waals surface area contributed by atoms with Crippen molar-refractivity contribution < 1.29 is 9.53 Å². The van der Waals surface area contributed by atoms with Crippen molar-refractivity contribution in [1.82, 2.24) is 15.3 Å². The highest BCUT2D eigenvalue weighted by Gasteiger charge is 2.03. The van der Waals surface area contributed by atoms with Gasteiger partial charge in [0.15, 0.2) is 0 Å². The van der Waals surface area contributed by atoms with E-state index in [2.05, 4.69) is 15.3 Å². The fourth-order valence-corrected chi connectivity index (χ4v) is 1.02. The van der Waals surface area contributed by atoms with Crippen LogP contribution < -0.4 is 5.32 Å². The van der Waals surface area contributed by atoms with Crippen LogP contribution in [0.3, 0.4) is 0 Å². The van der Waals surface area contributed by atoms with E-state index in [1.807, 2.05) is 13.0 Å². The molecule has 0 saturated carbocycles. The fraction of sp³-hybridized carbons (Fsp3) is 0.455. The van der Waals surface area contributed by atoms with Crippen molar-refractivity contribution in [2.75, 3.05) is 6.61 Å². The van der Waals surface area contributed by atoms with Gasteiger partial charge >= 0.3 is 6.09 Å². The Balaban J connectivity index is 2.30. The van der Waals surface area contributed by atoms with Gasteiger partial charge < -0.3 is 10.1 Å². The van der Waals surface area contributed by atoms with Gasteiger partial charge in [-0.1, -0.05) is 13.3 Å². The summed E-state index contributed by atoms with van der Waals surface area (Å²) in [7, 11) is 0. The first-order chi connectivity index (χ1) is 8.26. The van der Waals surface area contributed by atoms with Crippen LogP contribution in [0.4, 0.5) is 4.79 Å². The lowest BCUT2D eigenvalue weighted by Crippen LogP contribution is -2.25. The van der Waals surface area contributed by atoms with Crippen LogP contribution >= 0.6 is 0 Å². The average Bonchev–Trinajstić information content (AvgIpc) is 2.37. The van der Waals surface area contributed by atoms with Gasteiger partial charge in [-0.3, -0.25) is 0 Å². The quantitative estimate of drug-likeness (QED) is 0.777. The van der Waals surface area contributed by atoms with Crippen LogP contribution in [0.5, 0.6) is 0 Å². The first-order valence-electron chi connectivity index (χ1n) is 5.38. The van der Waals surface area contributed by atoms with Gasteiger partial charge in [0.2, 0.25) is 0 Å². The molecule has 1 aromatic heterocycles. The third-order valence-electron chi connectivity index (χ3n) is 1.96. The first-order valence-corrected chi connectivity index (χ1v) is 5.38. The number of hydrogen-bond donors (Lipinski definition) is 1. The Bertz CT molecular complexity index is 397. The minimum absolute atomic E-state index is 0.191. The molecule has 6 nitrogen and oxygen atoms in total. The molecule has 0 aliphatic heterocycles. The van der Waals surface area contributed by atoms with E-state index in [9.17, 15) is 4.79 Å². The summed E-state index contributed by atoms with van der Waals surface area (Å²) in [5.74, 6) is 0.441. The minimum atomic E-state index is -0.480. The third-order valence-corrected chi connectivity index (χ3v) is 1.96. The number of nitrogens with one attached hydrogen (secondary N) is 1. The maximum absolute atomic E-state index is 11.2. The second-order valence-corrected chi connectivity index (χ2v) is 3.34. The number of aromatic nitrogens is 2. The molecule has 0 aromatic carbocycles. The Labute approximate surface area is 99.6 Å². The van der Waals surface area contributed by atoms with Crippen LogP contribution in [0.15, 0.2) is 12.4 Å². The van der Waals surface area contributed by atoms with Crippen molar-refractivity contribution in [3.05, 3.63) is 23.8 Å². The summed E-state index contributed by atoms with van der Waals surface area (Å²) in [6.07, 6.45) is 4.16. The second-order valence-electron chi connectivity index (χ2n) is 3.34. The lowest BCUT2D eigenvalue weighted by Gasteiger charge is -2.05. The monoisotopic (exact) mass is 234 g/mol. The number of carbonyl (C=O) groups is 1. The molecule has 0 spiro atoms. The highest BCUT2D eigenvalue weighted by molar-refractivity contribution is 5.66. The Morgan fingerprint density at radius 3 is 2.82 bits per heavy atom. The van der Waals surface area contributed by atoms with Gasteiger partial charge in [0.1, 0.15) is 11.9 Å². The highest BCUT2D eigenvalue weighted by Crippen LogP contribution is 1.94. The molecule has 1 amide bonds. The number of rotatable bonds is 5. The molecule has 1 rings (SSSR count). The predicted octanol–water partition coefficient (Wildman–Crippen LogP) is 1.37. The van der Waals surface area contributed by atoms with E-state index in [-0.39, 0.29) is 6.54 Å². The summed E-state index contributed by atoms with van der Waals surface area (Å²) in [4.78, 5) is 19.0. The Hall–Kier alpha value is -2.16. The molecular formula is C11H14N4O2. The fourth-order valence-electron chi connectivity index (χ4n) is 1.02. The van der Waals surface area contributed by atoms with Gasteiger partial charge in [-0.15, -0.1) is 0 Å². The molecule has 17 heavy (non-hydrogen) atoms. The van der Waals surface area contributed by atoms with Crippen LogP contribution in [0, 0.1) is 11.3 Å². The zero-order valence-electron chi connectivity index (χ0n) is 9.64. The molecule has 1 aromatic rings. The SMILES string of the molecule is CCCCOC(=O)NCc1ncc(C#N)cn1. The summed E-state index contributed by atoms with van der Waals surface area (Å²) < 4.78 is 4.89. The average molecular weight is 234 g/mol. The summed E-state index contributed by atoms with van der Waals surface area (Å²) >= 11 is 0. The topological polar surface area (TPSA) is 87.9 Å². The molecule has 0 aliphatic rings. The van der Waals surface area contributed by atoms with Crippen molar-refractivity contribution in [2.24, 2.45) is 0 Å². The largest absolute Gasteiger partial charge is 0.450 e. The molecule has 0 bridgehead atoms. The highest BCUT2D eigenvalue weighted by atomic mass is 16.5. The van der Waals surface area contributed by atoms with Crippen LogP contribution in [0.25, 0.3) is 0 Å².